The second-order valence-electron chi connectivity index (χ2n) is 3.55. The van der Waals surface area contributed by atoms with Gasteiger partial charge < -0.3 is 10.2 Å². The minimum absolute atomic E-state index is 0.198. The number of phenolic OH excluding ortho intramolecular Hbond substituents is 1. The third kappa shape index (κ3) is 3.62. The van der Waals surface area contributed by atoms with Crippen molar-refractivity contribution in [2.24, 2.45) is 0 Å². The number of phenols is 1. The molecule has 0 unspecified atom stereocenters. The highest BCUT2D eigenvalue weighted by molar-refractivity contribution is 5.66. The Morgan fingerprint density at radius 3 is 2.67 bits per heavy atom. The average molecular weight is 208 g/mol. The van der Waals surface area contributed by atoms with Crippen LogP contribution in [0.15, 0.2) is 18.2 Å². The third-order valence-corrected chi connectivity index (χ3v) is 2.41. The van der Waals surface area contributed by atoms with Crippen molar-refractivity contribution >= 4 is 5.97 Å². The molecule has 82 valence electrons. The van der Waals surface area contributed by atoms with Gasteiger partial charge in [-0.2, -0.15) is 0 Å². The molecule has 0 atom stereocenters. The maximum Gasteiger partial charge on any atom is 0.303 e. The van der Waals surface area contributed by atoms with E-state index in [1.807, 2.05) is 13.0 Å². The molecule has 0 radical (unpaired) electrons. The van der Waals surface area contributed by atoms with Gasteiger partial charge in [0.2, 0.25) is 0 Å². The zero-order valence-electron chi connectivity index (χ0n) is 8.86. The van der Waals surface area contributed by atoms with E-state index >= 15 is 0 Å². The Kier molecular flexibility index (Phi) is 4.16. The number of carbonyl (C=O) groups is 1. The van der Waals surface area contributed by atoms with Crippen LogP contribution in [-0.2, 0) is 17.6 Å². The summed E-state index contributed by atoms with van der Waals surface area (Å²) in [5.74, 6) is -0.485. The molecule has 1 rings (SSSR count). The molecule has 0 spiro atoms. The molecule has 3 nitrogen and oxygen atoms in total. The number of aryl methyl sites for hydroxylation is 2. The summed E-state index contributed by atoms with van der Waals surface area (Å²) in [7, 11) is 0. The minimum Gasteiger partial charge on any atom is -0.508 e. The van der Waals surface area contributed by atoms with Crippen molar-refractivity contribution in [3.05, 3.63) is 29.3 Å². The van der Waals surface area contributed by atoms with Crippen LogP contribution >= 0.6 is 0 Å². The fourth-order valence-electron chi connectivity index (χ4n) is 1.62. The van der Waals surface area contributed by atoms with Crippen molar-refractivity contribution in [1.82, 2.24) is 0 Å². The summed E-state index contributed by atoms with van der Waals surface area (Å²) in [5.41, 5.74) is 2.23. The number of rotatable bonds is 5. The number of hydrogen-bond donors (Lipinski definition) is 2. The molecular formula is C12H16O3. The van der Waals surface area contributed by atoms with E-state index in [0.29, 0.717) is 6.42 Å². The smallest absolute Gasteiger partial charge is 0.303 e. The van der Waals surface area contributed by atoms with Gasteiger partial charge in [0, 0.05) is 6.42 Å². The minimum atomic E-state index is -0.758. The molecule has 1 aromatic rings. The second kappa shape index (κ2) is 5.39. The number of aromatic hydroxyl groups is 1. The highest BCUT2D eigenvalue weighted by Gasteiger charge is 2.03. The van der Waals surface area contributed by atoms with Crippen LogP contribution in [0.1, 0.15) is 30.9 Å². The lowest BCUT2D eigenvalue weighted by atomic mass is 10.00. The highest BCUT2D eigenvalue weighted by atomic mass is 16.4. The van der Waals surface area contributed by atoms with E-state index in [1.165, 1.54) is 0 Å². The van der Waals surface area contributed by atoms with Crippen molar-refractivity contribution < 1.29 is 15.0 Å². The normalized spacial score (nSPS) is 10.2. The van der Waals surface area contributed by atoms with E-state index in [9.17, 15) is 9.90 Å². The number of carboxylic acids is 1. The van der Waals surface area contributed by atoms with Gasteiger partial charge in [0.1, 0.15) is 5.75 Å². The van der Waals surface area contributed by atoms with Crippen LogP contribution in [0.5, 0.6) is 5.75 Å². The number of carboxylic acid groups (broad SMARTS) is 1. The van der Waals surface area contributed by atoms with E-state index in [1.54, 1.807) is 12.1 Å². The van der Waals surface area contributed by atoms with E-state index < -0.39 is 5.97 Å². The Balaban J connectivity index is 2.63. The lowest BCUT2D eigenvalue weighted by Gasteiger charge is -2.07. The lowest BCUT2D eigenvalue weighted by molar-refractivity contribution is -0.137. The first-order chi connectivity index (χ1) is 7.13. The van der Waals surface area contributed by atoms with Crippen LogP contribution in [0.4, 0.5) is 0 Å². The van der Waals surface area contributed by atoms with Crippen molar-refractivity contribution in [3.8, 4) is 5.75 Å². The summed E-state index contributed by atoms with van der Waals surface area (Å²) < 4.78 is 0. The van der Waals surface area contributed by atoms with Gasteiger partial charge >= 0.3 is 5.97 Å². The van der Waals surface area contributed by atoms with E-state index in [-0.39, 0.29) is 12.2 Å². The summed E-state index contributed by atoms with van der Waals surface area (Å²) in [6.07, 6.45) is 2.46. The first-order valence-corrected chi connectivity index (χ1v) is 5.16. The molecule has 0 amide bonds. The zero-order chi connectivity index (χ0) is 11.3. The topological polar surface area (TPSA) is 57.5 Å². The van der Waals surface area contributed by atoms with Gasteiger partial charge in [-0.25, -0.2) is 0 Å². The Morgan fingerprint density at radius 2 is 2.07 bits per heavy atom. The number of aliphatic carboxylic acids is 1. The second-order valence-corrected chi connectivity index (χ2v) is 3.55. The average Bonchev–Trinajstić information content (AvgIpc) is 2.19. The molecule has 0 heterocycles. The third-order valence-electron chi connectivity index (χ3n) is 2.41. The molecule has 1 aromatic carbocycles. The Bertz CT molecular complexity index is 345. The molecule has 0 saturated heterocycles. The fourth-order valence-corrected chi connectivity index (χ4v) is 1.62. The van der Waals surface area contributed by atoms with Crippen LogP contribution < -0.4 is 0 Å². The SMILES string of the molecule is CCc1cc(O)ccc1CCCC(=O)O. The summed E-state index contributed by atoms with van der Waals surface area (Å²) in [6.45, 7) is 2.02. The molecule has 3 heteroatoms. The quantitative estimate of drug-likeness (QED) is 0.781. The Morgan fingerprint density at radius 1 is 1.33 bits per heavy atom. The first kappa shape index (κ1) is 11.6. The predicted molar refractivity (Wildman–Crippen MR) is 58.1 cm³/mol. The van der Waals surface area contributed by atoms with E-state index in [2.05, 4.69) is 0 Å². The maximum absolute atomic E-state index is 10.4. The summed E-state index contributed by atoms with van der Waals surface area (Å²) in [4.78, 5) is 10.4. The van der Waals surface area contributed by atoms with Crippen LogP contribution in [-0.4, -0.2) is 16.2 Å². The molecule has 0 bridgehead atoms. The number of hydrogen-bond acceptors (Lipinski definition) is 2. The van der Waals surface area contributed by atoms with Crippen LogP contribution in [0.3, 0.4) is 0 Å². The first-order valence-electron chi connectivity index (χ1n) is 5.16. The van der Waals surface area contributed by atoms with E-state index in [4.69, 9.17) is 5.11 Å². The zero-order valence-corrected chi connectivity index (χ0v) is 8.86. The van der Waals surface area contributed by atoms with Gasteiger partial charge in [0.15, 0.2) is 0 Å². The van der Waals surface area contributed by atoms with Crippen LogP contribution in [0.25, 0.3) is 0 Å². The monoisotopic (exact) mass is 208 g/mol. The molecule has 0 saturated carbocycles. The summed E-state index contributed by atoms with van der Waals surface area (Å²) >= 11 is 0. The molecule has 15 heavy (non-hydrogen) atoms. The van der Waals surface area contributed by atoms with Crippen molar-refractivity contribution in [2.45, 2.75) is 32.6 Å². The molecule has 0 aliphatic carbocycles. The van der Waals surface area contributed by atoms with E-state index in [0.717, 1.165) is 24.0 Å². The van der Waals surface area contributed by atoms with Crippen LogP contribution in [0.2, 0.25) is 0 Å². The molecular weight excluding hydrogens is 192 g/mol. The van der Waals surface area contributed by atoms with Gasteiger partial charge in [0.25, 0.3) is 0 Å². The standard InChI is InChI=1S/C12H16O3/c1-2-9-8-11(13)7-6-10(9)4-3-5-12(14)15/h6-8,13H,2-5H2,1H3,(H,14,15). The van der Waals surface area contributed by atoms with Gasteiger partial charge in [0.05, 0.1) is 0 Å². The fraction of sp³-hybridized carbons (Fsp3) is 0.417. The van der Waals surface area contributed by atoms with Crippen molar-refractivity contribution in [3.63, 3.8) is 0 Å². The van der Waals surface area contributed by atoms with Gasteiger partial charge in [-0.15, -0.1) is 0 Å². The number of benzene rings is 1. The molecule has 0 aromatic heterocycles. The largest absolute Gasteiger partial charge is 0.508 e. The maximum atomic E-state index is 10.4. The van der Waals surface area contributed by atoms with Crippen LogP contribution in [0, 0.1) is 0 Å². The molecule has 0 fully saturated rings. The molecule has 0 aliphatic heterocycles. The summed E-state index contributed by atoms with van der Waals surface area (Å²) in [6, 6.07) is 5.27. The summed E-state index contributed by atoms with van der Waals surface area (Å²) in [5, 5.41) is 17.8. The van der Waals surface area contributed by atoms with Gasteiger partial charge in [-0.05, 0) is 42.5 Å². The van der Waals surface area contributed by atoms with Gasteiger partial charge in [-0.1, -0.05) is 13.0 Å². The Labute approximate surface area is 89.4 Å². The molecule has 0 aliphatic rings. The highest BCUT2D eigenvalue weighted by Crippen LogP contribution is 2.18. The van der Waals surface area contributed by atoms with Gasteiger partial charge in [-0.3, -0.25) is 4.79 Å². The lowest BCUT2D eigenvalue weighted by Crippen LogP contribution is -1.98. The van der Waals surface area contributed by atoms with Crippen molar-refractivity contribution in [2.75, 3.05) is 0 Å². The molecule has 2 N–H and O–H groups in total. The predicted octanol–water partition coefficient (Wildman–Crippen LogP) is 2.36. The van der Waals surface area contributed by atoms with Crippen molar-refractivity contribution in [1.29, 1.82) is 0 Å². The Hall–Kier alpha value is -1.51.